The first-order valence-corrected chi connectivity index (χ1v) is 7.30. The van der Waals surface area contributed by atoms with Crippen LogP contribution in [0.5, 0.6) is 5.75 Å². The third-order valence-electron chi connectivity index (χ3n) is 3.93. The van der Waals surface area contributed by atoms with Crippen LogP contribution in [0.1, 0.15) is 46.6 Å². The molecule has 1 aliphatic rings. The lowest BCUT2D eigenvalue weighted by molar-refractivity contribution is -0.580. The number of ether oxygens (including phenoxy) is 1. The summed E-state index contributed by atoms with van der Waals surface area (Å²) in [4.78, 5) is 0. The van der Waals surface area contributed by atoms with Crippen molar-refractivity contribution in [3.05, 3.63) is 35.0 Å². The topological polar surface area (TPSA) is 58.8 Å². The average molecular weight is 292 g/mol. The molecule has 2 rings (SSSR count). The molecule has 116 valence electrons. The molecule has 0 amide bonds. The molecular weight excluding hydrogens is 268 g/mol. The summed E-state index contributed by atoms with van der Waals surface area (Å²) in [7, 11) is 0. The van der Waals surface area contributed by atoms with Crippen LogP contribution in [0.3, 0.4) is 0 Å². The van der Waals surface area contributed by atoms with Crippen LogP contribution in [0.4, 0.5) is 0 Å². The summed E-state index contributed by atoms with van der Waals surface area (Å²) >= 11 is 0. The van der Waals surface area contributed by atoms with Crippen LogP contribution in [-0.2, 0) is 0 Å². The number of rotatable bonds is 4. The van der Waals surface area contributed by atoms with Crippen LogP contribution >= 0.6 is 0 Å². The van der Waals surface area contributed by atoms with Gasteiger partial charge in [-0.3, -0.25) is 0 Å². The normalized spacial score (nSPS) is 20.9. The number of hydrogen-bond donors (Lipinski definition) is 1. The zero-order chi connectivity index (χ0) is 15.8. The maximum absolute atomic E-state index is 12.6. The Morgan fingerprint density at radius 1 is 1.19 bits per heavy atom. The molecule has 0 aromatic heterocycles. The van der Waals surface area contributed by atoms with Gasteiger partial charge in [0.15, 0.2) is 0 Å². The average Bonchev–Trinajstić information content (AvgIpc) is 2.56. The van der Waals surface area contributed by atoms with Crippen molar-refractivity contribution in [2.24, 2.45) is 0 Å². The molecule has 0 aliphatic carbocycles. The first kappa shape index (κ1) is 15.8. The summed E-state index contributed by atoms with van der Waals surface area (Å²) in [6.07, 6.45) is 0.953. The molecule has 1 N–H and O–H groups in total. The van der Waals surface area contributed by atoms with Crippen molar-refractivity contribution >= 4 is 5.71 Å². The maximum Gasteiger partial charge on any atom is 0.245 e. The number of benzene rings is 1. The molecule has 0 saturated carbocycles. The number of nitrogens with zero attached hydrogens (tertiary/aromatic N) is 2. The zero-order valence-electron chi connectivity index (χ0n) is 13.4. The largest absolute Gasteiger partial charge is 0.622 e. The smallest absolute Gasteiger partial charge is 0.245 e. The summed E-state index contributed by atoms with van der Waals surface area (Å²) in [5, 5.41) is 24.0. The Hall–Kier alpha value is -1.59. The van der Waals surface area contributed by atoms with Crippen molar-refractivity contribution in [2.75, 3.05) is 6.61 Å². The third-order valence-corrected chi connectivity index (χ3v) is 3.93. The molecule has 21 heavy (non-hydrogen) atoms. The molecule has 1 aromatic rings. The standard InChI is InChI=1S/C16H24N2O3/c1-6-11-21-13-9-7-12(8-10-13)14-15(2,3)18(20)16(4,5)17(14)19/h7-10,20H,6,11H2,1-5H3. The van der Waals surface area contributed by atoms with E-state index in [2.05, 4.69) is 6.92 Å². The molecule has 0 spiro atoms. The van der Waals surface area contributed by atoms with Gasteiger partial charge in [-0.15, -0.1) is 5.06 Å². The van der Waals surface area contributed by atoms with Crippen molar-refractivity contribution in [1.29, 1.82) is 0 Å². The lowest BCUT2D eigenvalue weighted by Gasteiger charge is -2.29. The van der Waals surface area contributed by atoms with Gasteiger partial charge in [0.2, 0.25) is 11.4 Å². The van der Waals surface area contributed by atoms with E-state index in [-0.39, 0.29) is 0 Å². The molecule has 1 heterocycles. The van der Waals surface area contributed by atoms with Crippen LogP contribution in [0.15, 0.2) is 24.3 Å². The van der Waals surface area contributed by atoms with Crippen molar-refractivity contribution in [2.45, 2.75) is 52.2 Å². The van der Waals surface area contributed by atoms with Gasteiger partial charge in [0.05, 0.1) is 6.61 Å². The van der Waals surface area contributed by atoms with Gasteiger partial charge in [-0.05, 0) is 44.5 Å². The van der Waals surface area contributed by atoms with E-state index < -0.39 is 11.2 Å². The highest BCUT2D eigenvalue weighted by Crippen LogP contribution is 2.35. The molecular formula is C16H24N2O3. The van der Waals surface area contributed by atoms with E-state index in [4.69, 9.17) is 4.74 Å². The lowest BCUT2D eigenvalue weighted by atomic mass is 9.92. The highest BCUT2D eigenvalue weighted by Gasteiger charge is 2.56. The van der Waals surface area contributed by atoms with Crippen LogP contribution in [0.25, 0.3) is 0 Å². The molecule has 0 bridgehead atoms. The lowest BCUT2D eigenvalue weighted by Crippen LogP contribution is -2.51. The molecule has 0 unspecified atom stereocenters. The van der Waals surface area contributed by atoms with E-state index in [0.29, 0.717) is 12.3 Å². The van der Waals surface area contributed by atoms with Crippen molar-refractivity contribution in [3.63, 3.8) is 0 Å². The Balaban J connectivity index is 2.38. The van der Waals surface area contributed by atoms with Crippen molar-refractivity contribution < 1.29 is 14.7 Å². The van der Waals surface area contributed by atoms with Crippen LogP contribution in [-0.4, -0.2) is 38.5 Å². The molecule has 0 saturated heterocycles. The molecule has 0 atom stereocenters. The van der Waals surface area contributed by atoms with Crippen LogP contribution < -0.4 is 4.74 Å². The van der Waals surface area contributed by atoms with Gasteiger partial charge >= 0.3 is 0 Å². The highest BCUT2D eigenvalue weighted by atomic mass is 16.6. The Morgan fingerprint density at radius 2 is 1.76 bits per heavy atom. The second kappa shape index (κ2) is 5.31. The molecule has 1 aromatic carbocycles. The maximum atomic E-state index is 12.6. The van der Waals surface area contributed by atoms with E-state index in [9.17, 15) is 10.4 Å². The number of hydroxylamine groups is 3. The summed E-state index contributed by atoms with van der Waals surface area (Å²) < 4.78 is 6.44. The van der Waals surface area contributed by atoms with Gasteiger partial charge in [-0.2, -0.15) is 4.74 Å². The Kier molecular flexibility index (Phi) is 4.00. The molecule has 1 aliphatic heterocycles. The first-order valence-electron chi connectivity index (χ1n) is 7.30. The fraction of sp³-hybridized carbons (Fsp3) is 0.562. The van der Waals surface area contributed by atoms with Gasteiger partial charge < -0.3 is 15.2 Å². The van der Waals surface area contributed by atoms with E-state index in [0.717, 1.165) is 27.5 Å². The molecule has 5 heteroatoms. The van der Waals surface area contributed by atoms with Gasteiger partial charge in [-0.25, -0.2) is 0 Å². The third kappa shape index (κ3) is 2.51. The highest BCUT2D eigenvalue weighted by molar-refractivity contribution is 6.04. The Bertz CT molecular complexity index is 547. The van der Waals surface area contributed by atoms with Crippen molar-refractivity contribution in [3.8, 4) is 5.75 Å². The Morgan fingerprint density at radius 3 is 2.19 bits per heavy atom. The fourth-order valence-corrected chi connectivity index (χ4v) is 2.79. The monoisotopic (exact) mass is 292 g/mol. The van der Waals surface area contributed by atoms with Gasteiger partial charge in [0.25, 0.3) is 0 Å². The van der Waals surface area contributed by atoms with E-state index in [1.807, 2.05) is 38.1 Å². The quantitative estimate of drug-likeness (QED) is 0.684. The predicted octanol–water partition coefficient (Wildman–Crippen LogP) is 2.99. The van der Waals surface area contributed by atoms with E-state index >= 15 is 0 Å². The van der Waals surface area contributed by atoms with Crippen molar-refractivity contribution in [1.82, 2.24) is 5.06 Å². The van der Waals surface area contributed by atoms with E-state index in [1.165, 1.54) is 0 Å². The molecule has 0 radical (unpaired) electrons. The second-order valence-corrected chi connectivity index (χ2v) is 6.38. The van der Waals surface area contributed by atoms with Gasteiger partial charge in [0, 0.05) is 19.4 Å². The summed E-state index contributed by atoms with van der Waals surface area (Å²) in [5.74, 6) is 0.787. The fourth-order valence-electron chi connectivity index (χ4n) is 2.79. The minimum absolute atomic E-state index is 0.553. The summed E-state index contributed by atoms with van der Waals surface area (Å²) in [6, 6.07) is 7.44. The molecule has 0 fully saturated rings. The summed E-state index contributed by atoms with van der Waals surface area (Å²) in [5.41, 5.74) is -0.395. The second-order valence-electron chi connectivity index (χ2n) is 6.38. The predicted molar refractivity (Wildman–Crippen MR) is 81.7 cm³/mol. The number of hydrogen-bond acceptors (Lipinski definition) is 4. The molecule has 5 nitrogen and oxygen atoms in total. The Labute approximate surface area is 126 Å². The van der Waals surface area contributed by atoms with Crippen LogP contribution in [0, 0.1) is 5.21 Å². The first-order chi connectivity index (χ1) is 9.72. The zero-order valence-corrected chi connectivity index (χ0v) is 13.4. The minimum atomic E-state index is -0.990. The minimum Gasteiger partial charge on any atom is -0.622 e. The SMILES string of the molecule is CCCOc1ccc(C2=[N+]([O-])C(C)(C)N(O)C2(C)C)cc1. The van der Waals surface area contributed by atoms with Gasteiger partial charge in [-0.1, -0.05) is 6.92 Å². The van der Waals surface area contributed by atoms with Crippen LogP contribution in [0.2, 0.25) is 0 Å². The van der Waals surface area contributed by atoms with Gasteiger partial charge in [0.1, 0.15) is 11.3 Å². The summed E-state index contributed by atoms with van der Waals surface area (Å²) in [6.45, 7) is 9.80. The van der Waals surface area contributed by atoms with E-state index in [1.54, 1.807) is 13.8 Å².